The predicted molar refractivity (Wildman–Crippen MR) is 210 cm³/mol. The molecule has 0 heterocycles. The molecule has 49 heavy (non-hydrogen) atoms. The van der Waals surface area contributed by atoms with E-state index in [1.165, 1.54) is 166 Å². The molecule has 0 spiro atoms. The molecule has 6 heteroatoms. The van der Waals surface area contributed by atoms with E-state index in [1.54, 1.807) is 6.07 Å². The summed E-state index contributed by atoms with van der Waals surface area (Å²) in [5.41, 5.74) is 0.902. The zero-order valence-electron chi connectivity index (χ0n) is 32.0. The molecular weight excluding hydrogens is 608 g/mol. The Hall–Kier alpha value is -2.37. The van der Waals surface area contributed by atoms with E-state index in [9.17, 15) is 19.5 Å². The summed E-state index contributed by atoms with van der Waals surface area (Å²) in [5, 5.41) is 15.2. The molecule has 0 unspecified atom stereocenters. The summed E-state index contributed by atoms with van der Waals surface area (Å²) in [6.07, 6.45) is 39.2. The van der Waals surface area contributed by atoms with Gasteiger partial charge in [-0.05, 0) is 31.0 Å². The number of unbranched alkanes of at least 4 members (excludes halogenated alkanes) is 28. The molecule has 0 atom stereocenters. The van der Waals surface area contributed by atoms with Crippen molar-refractivity contribution >= 4 is 29.2 Å². The minimum Gasteiger partial charge on any atom is -0.478 e. The van der Waals surface area contributed by atoms with E-state index in [-0.39, 0.29) is 17.4 Å². The Morgan fingerprint density at radius 3 is 1.02 bits per heavy atom. The van der Waals surface area contributed by atoms with Gasteiger partial charge in [-0.1, -0.05) is 194 Å². The molecule has 0 bridgehead atoms. The van der Waals surface area contributed by atoms with Crippen LogP contribution in [0, 0.1) is 0 Å². The fraction of sp³-hybridized carbons (Fsp3) is 0.791. The van der Waals surface area contributed by atoms with E-state index < -0.39 is 5.97 Å². The first-order valence-corrected chi connectivity index (χ1v) is 20.9. The number of carbonyl (C=O) groups excluding carboxylic acids is 2. The smallest absolute Gasteiger partial charge is 0.335 e. The lowest BCUT2D eigenvalue weighted by molar-refractivity contribution is -0.117. The third-order valence-electron chi connectivity index (χ3n) is 9.83. The number of benzene rings is 1. The van der Waals surface area contributed by atoms with Gasteiger partial charge in [-0.15, -0.1) is 0 Å². The summed E-state index contributed by atoms with van der Waals surface area (Å²) in [4.78, 5) is 37.0. The molecular formula is C43H76N2O4. The maximum Gasteiger partial charge on any atom is 0.335 e. The normalized spacial score (nSPS) is 11.1. The molecule has 1 aromatic carbocycles. The topological polar surface area (TPSA) is 95.5 Å². The second-order valence-corrected chi connectivity index (χ2v) is 14.6. The van der Waals surface area contributed by atoms with Crippen LogP contribution in [0.1, 0.15) is 230 Å². The van der Waals surface area contributed by atoms with Crippen molar-refractivity contribution in [3.05, 3.63) is 23.8 Å². The Morgan fingerprint density at radius 1 is 0.429 bits per heavy atom. The number of hydrogen-bond donors (Lipinski definition) is 3. The van der Waals surface area contributed by atoms with Crippen LogP contribution in [-0.2, 0) is 9.59 Å². The van der Waals surface area contributed by atoms with Crippen molar-refractivity contribution in [3.63, 3.8) is 0 Å². The number of rotatable bonds is 35. The standard InChI is InChI=1S/C43H76N2O4/c1-3-5-7-9-11-13-15-17-19-21-23-25-27-29-31-33-41(46)44-39-36-35-38(43(48)49)37-40(39)45-42(47)34-32-30-28-26-24-22-20-18-16-14-12-10-8-6-4-2/h35-37H,3-34H2,1-2H3,(H,44,46)(H,45,47)(H,48,49). The summed E-state index contributed by atoms with van der Waals surface area (Å²) in [6.45, 7) is 4.53. The molecule has 0 aliphatic heterocycles. The number of carbonyl (C=O) groups is 3. The maximum absolute atomic E-state index is 12.7. The molecule has 3 N–H and O–H groups in total. The molecule has 6 nitrogen and oxygen atoms in total. The maximum atomic E-state index is 12.7. The Balaban J connectivity index is 2.18. The van der Waals surface area contributed by atoms with E-state index in [0.717, 1.165) is 38.5 Å². The summed E-state index contributed by atoms with van der Waals surface area (Å²) >= 11 is 0. The van der Waals surface area contributed by atoms with Crippen LogP contribution in [0.2, 0.25) is 0 Å². The van der Waals surface area contributed by atoms with Gasteiger partial charge in [0.2, 0.25) is 11.8 Å². The quantitative estimate of drug-likeness (QED) is 0.0620. The predicted octanol–water partition coefficient (Wildman–Crippen LogP) is 13.8. The summed E-state index contributed by atoms with van der Waals surface area (Å²) in [7, 11) is 0. The highest BCUT2D eigenvalue weighted by Crippen LogP contribution is 2.25. The van der Waals surface area contributed by atoms with Crippen LogP contribution >= 0.6 is 0 Å². The van der Waals surface area contributed by atoms with Crippen molar-refractivity contribution in [1.82, 2.24) is 0 Å². The number of amides is 2. The minimum atomic E-state index is -1.06. The van der Waals surface area contributed by atoms with Crippen LogP contribution in [0.4, 0.5) is 11.4 Å². The number of carboxylic acids is 1. The highest BCUT2D eigenvalue weighted by molar-refractivity contribution is 6.01. The Kier molecular flexibility index (Phi) is 29.9. The number of aromatic carboxylic acids is 1. The van der Waals surface area contributed by atoms with Crippen LogP contribution < -0.4 is 10.6 Å². The molecule has 0 fully saturated rings. The Bertz CT molecular complexity index is 963. The first kappa shape index (κ1) is 44.7. The molecule has 0 saturated heterocycles. The Morgan fingerprint density at radius 2 is 0.714 bits per heavy atom. The van der Waals surface area contributed by atoms with E-state index in [0.29, 0.717) is 24.2 Å². The highest BCUT2D eigenvalue weighted by Gasteiger charge is 2.13. The van der Waals surface area contributed by atoms with Crippen LogP contribution in [0.5, 0.6) is 0 Å². The molecule has 0 aliphatic rings. The summed E-state index contributed by atoms with van der Waals surface area (Å²) < 4.78 is 0. The number of anilines is 2. The van der Waals surface area contributed by atoms with Gasteiger partial charge < -0.3 is 15.7 Å². The third kappa shape index (κ3) is 27.1. The van der Waals surface area contributed by atoms with Crippen LogP contribution in [0.25, 0.3) is 0 Å². The van der Waals surface area contributed by atoms with E-state index in [2.05, 4.69) is 24.5 Å². The van der Waals surface area contributed by atoms with Gasteiger partial charge >= 0.3 is 5.97 Å². The van der Waals surface area contributed by atoms with Crippen molar-refractivity contribution in [3.8, 4) is 0 Å². The van der Waals surface area contributed by atoms with Crippen molar-refractivity contribution in [1.29, 1.82) is 0 Å². The lowest BCUT2D eigenvalue weighted by Crippen LogP contribution is -2.17. The van der Waals surface area contributed by atoms with Crippen molar-refractivity contribution in [2.45, 2.75) is 219 Å². The van der Waals surface area contributed by atoms with Gasteiger partial charge in [-0.2, -0.15) is 0 Å². The van der Waals surface area contributed by atoms with Crippen LogP contribution in [0.15, 0.2) is 18.2 Å². The lowest BCUT2D eigenvalue weighted by Gasteiger charge is -2.13. The number of nitrogens with one attached hydrogen (secondary N) is 2. The number of hydrogen-bond acceptors (Lipinski definition) is 3. The minimum absolute atomic E-state index is 0.0858. The van der Waals surface area contributed by atoms with Crippen molar-refractivity contribution in [2.75, 3.05) is 10.6 Å². The lowest BCUT2D eigenvalue weighted by atomic mass is 10.0. The largest absolute Gasteiger partial charge is 0.478 e. The Labute approximate surface area is 301 Å². The van der Waals surface area contributed by atoms with Crippen molar-refractivity contribution < 1.29 is 19.5 Å². The molecule has 1 rings (SSSR count). The van der Waals surface area contributed by atoms with Gasteiger partial charge in [0, 0.05) is 12.8 Å². The highest BCUT2D eigenvalue weighted by atomic mass is 16.4. The van der Waals surface area contributed by atoms with Gasteiger partial charge in [0.15, 0.2) is 0 Å². The van der Waals surface area contributed by atoms with Crippen LogP contribution in [-0.4, -0.2) is 22.9 Å². The fourth-order valence-corrected chi connectivity index (χ4v) is 6.63. The van der Waals surface area contributed by atoms with Crippen molar-refractivity contribution in [2.24, 2.45) is 0 Å². The summed E-state index contributed by atoms with van der Waals surface area (Å²) in [6, 6.07) is 4.49. The zero-order valence-corrected chi connectivity index (χ0v) is 32.0. The molecule has 2 amide bonds. The monoisotopic (exact) mass is 685 g/mol. The molecule has 282 valence electrons. The second kappa shape index (κ2) is 32.8. The zero-order chi connectivity index (χ0) is 35.6. The summed E-state index contributed by atoms with van der Waals surface area (Å²) in [5.74, 6) is -1.31. The molecule has 1 aromatic rings. The number of carboxylic acid groups (broad SMARTS) is 1. The van der Waals surface area contributed by atoms with Crippen LogP contribution in [0.3, 0.4) is 0 Å². The van der Waals surface area contributed by atoms with Gasteiger partial charge in [-0.3, -0.25) is 9.59 Å². The second-order valence-electron chi connectivity index (χ2n) is 14.6. The first-order chi connectivity index (χ1) is 24.0. The average molecular weight is 685 g/mol. The average Bonchev–Trinajstić information content (AvgIpc) is 3.08. The van der Waals surface area contributed by atoms with Gasteiger partial charge in [0.05, 0.1) is 16.9 Å². The van der Waals surface area contributed by atoms with Gasteiger partial charge in [-0.25, -0.2) is 4.79 Å². The van der Waals surface area contributed by atoms with Gasteiger partial charge in [0.25, 0.3) is 0 Å². The molecule has 0 aromatic heterocycles. The SMILES string of the molecule is CCCCCCCCCCCCCCCCCC(=O)Nc1ccc(C(=O)O)cc1NC(=O)CCCCCCCCCCCCCCCCC. The fourth-order valence-electron chi connectivity index (χ4n) is 6.63. The third-order valence-corrected chi connectivity index (χ3v) is 9.83. The molecule has 0 aliphatic carbocycles. The van der Waals surface area contributed by atoms with E-state index in [1.807, 2.05) is 0 Å². The van der Waals surface area contributed by atoms with Gasteiger partial charge in [0.1, 0.15) is 0 Å². The van der Waals surface area contributed by atoms with E-state index >= 15 is 0 Å². The first-order valence-electron chi connectivity index (χ1n) is 20.9. The molecule has 0 saturated carbocycles. The molecule has 0 radical (unpaired) electrons. The van der Waals surface area contributed by atoms with E-state index in [4.69, 9.17) is 0 Å².